The summed E-state index contributed by atoms with van der Waals surface area (Å²) in [7, 11) is 5.12. The monoisotopic (exact) mass is 521 g/mol. The van der Waals surface area contributed by atoms with E-state index in [1.165, 1.54) is 13.2 Å². The van der Waals surface area contributed by atoms with Gasteiger partial charge in [0.05, 0.1) is 20.8 Å². The summed E-state index contributed by atoms with van der Waals surface area (Å²) in [4.78, 5) is 15.3. The number of ether oxygens (including phenoxy) is 2. The Morgan fingerprint density at radius 2 is 1.97 bits per heavy atom. The molecule has 0 bridgehead atoms. The summed E-state index contributed by atoms with van der Waals surface area (Å²) in [5.41, 5.74) is 1.93. The molecule has 2 atom stereocenters. The van der Waals surface area contributed by atoms with Gasteiger partial charge in [-0.25, -0.2) is 0 Å². The molecule has 30 heavy (non-hydrogen) atoms. The molecule has 1 N–H and O–H groups in total. The quantitative estimate of drug-likeness (QED) is 0.515. The van der Waals surface area contributed by atoms with Crippen LogP contribution in [0.2, 0.25) is 0 Å². The van der Waals surface area contributed by atoms with Crippen molar-refractivity contribution in [2.75, 3.05) is 34.4 Å². The predicted octanol–water partition coefficient (Wildman–Crippen LogP) is 3.86. The van der Waals surface area contributed by atoms with Crippen LogP contribution < -0.4 is 14.9 Å². The van der Waals surface area contributed by atoms with Crippen molar-refractivity contribution in [3.63, 3.8) is 0 Å². The molecular formula is C23H24INO5. The van der Waals surface area contributed by atoms with E-state index in [0.29, 0.717) is 28.2 Å². The second-order valence-corrected chi connectivity index (χ2v) is 8.76. The molecule has 1 fully saturated rings. The highest BCUT2D eigenvalue weighted by atomic mass is 127. The molecule has 158 valence electrons. The summed E-state index contributed by atoms with van der Waals surface area (Å²) < 4.78 is 18.6. The van der Waals surface area contributed by atoms with Crippen molar-refractivity contribution in [2.45, 2.75) is 18.4 Å². The van der Waals surface area contributed by atoms with E-state index in [0.717, 1.165) is 27.7 Å². The van der Waals surface area contributed by atoms with Gasteiger partial charge in [-0.3, -0.25) is 4.79 Å². The van der Waals surface area contributed by atoms with Crippen LogP contribution in [0.3, 0.4) is 0 Å². The van der Waals surface area contributed by atoms with Crippen LogP contribution in [-0.4, -0.2) is 50.5 Å². The third-order valence-electron chi connectivity index (χ3n) is 5.90. The van der Waals surface area contributed by atoms with E-state index in [1.807, 2.05) is 31.3 Å². The summed E-state index contributed by atoms with van der Waals surface area (Å²) in [6.07, 6.45) is 0.830. The molecule has 1 saturated heterocycles. The first-order valence-electron chi connectivity index (χ1n) is 9.78. The number of likely N-dealkylation sites (N-methyl/N-ethyl adjacent to an activating group) is 1. The third-order valence-corrected chi connectivity index (χ3v) is 6.57. The maximum atomic E-state index is 13.2. The zero-order valence-corrected chi connectivity index (χ0v) is 19.3. The Bertz CT molecular complexity index is 1140. The standard InChI is InChI=1S/C23H24INO5/c1-25-8-7-15(16(25)12-26)21-19(28-2)11-20(29-3)22-17(27)10-18(30-23(21)22)13-5-4-6-14(24)9-13/h4-6,9-11,15-16,26H,7-8,12H2,1-3H3. The van der Waals surface area contributed by atoms with Gasteiger partial charge in [-0.1, -0.05) is 12.1 Å². The van der Waals surface area contributed by atoms with E-state index >= 15 is 0 Å². The Labute approximate surface area is 188 Å². The second kappa shape index (κ2) is 8.56. The lowest BCUT2D eigenvalue weighted by molar-refractivity contribution is 0.171. The molecule has 4 rings (SSSR count). The van der Waals surface area contributed by atoms with E-state index in [-0.39, 0.29) is 24.0 Å². The smallest absolute Gasteiger partial charge is 0.197 e. The van der Waals surface area contributed by atoms with E-state index in [1.54, 1.807) is 13.2 Å². The van der Waals surface area contributed by atoms with Gasteiger partial charge < -0.3 is 23.9 Å². The molecule has 1 aliphatic rings. The van der Waals surface area contributed by atoms with Crippen LogP contribution in [0.5, 0.6) is 11.5 Å². The third kappa shape index (κ3) is 3.59. The maximum Gasteiger partial charge on any atom is 0.197 e. The van der Waals surface area contributed by atoms with Gasteiger partial charge in [0.1, 0.15) is 28.2 Å². The van der Waals surface area contributed by atoms with Gasteiger partial charge in [0.25, 0.3) is 0 Å². The Morgan fingerprint density at radius 3 is 2.63 bits per heavy atom. The summed E-state index contributed by atoms with van der Waals surface area (Å²) in [6, 6.07) is 11.0. The molecule has 2 heterocycles. The Balaban J connectivity index is 2.05. The van der Waals surface area contributed by atoms with E-state index in [2.05, 4.69) is 27.5 Å². The van der Waals surface area contributed by atoms with Crippen LogP contribution in [0.1, 0.15) is 17.9 Å². The zero-order chi connectivity index (χ0) is 21.4. The molecule has 1 aliphatic heterocycles. The number of fused-ring (bicyclic) bond motifs is 1. The first kappa shape index (κ1) is 21.1. The second-order valence-electron chi connectivity index (χ2n) is 7.51. The number of aliphatic hydroxyl groups is 1. The Kier molecular flexibility index (Phi) is 6.04. The molecule has 0 saturated carbocycles. The number of nitrogens with zero attached hydrogens (tertiary/aromatic N) is 1. The van der Waals surface area contributed by atoms with Crippen LogP contribution in [0, 0.1) is 3.57 Å². The molecule has 0 spiro atoms. The lowest BCUT2D eigenvalue weighted by Crippen LogP contribution is -2.32. The fourth-order valence-electron chi connectivity index (χ4n) is 4.37. The molecule has 6 nitrogen and oxygen atoms in total. The summed E-state index contributed by atoms with van der Waals surface area (Å²) >= 11 is 2.24. The molecule has 0 radical (unpaired) electrons. The van der Waals surface area contributed by atoms with Crippen LogP contribution in [0.4, 0.5) is 0 Å². The molecule has 1 aromatic heterocycles. The highest BCUT2D eigenvalue weighted by molar-refractivity contribution is 14.1. The largest absolute Gasteiger partial charge is 0.496 e. The number of aliphatic hydroxyl groups excluding tert-OH is 1. The average Bonchev–Trinajstić information content (AvgIpc) is 3.12. The number of rotatable bonds is 5. The Morgan fingerprint density at radius 1 is 1.20 bits per heavy atom. The minimum absolute atomic E-state index is 0.0125. The van der Waals surface area contributed by atoms with Gasteiger partial charge in [-0.2, -0.15) is 0 Å². The molecule has 0 amide bonds. The van der Waals surface area contributed by atoms with Crippen molar-refractivity contribution in [1.82, 2.24) is 4.90 Å². The van der Waals surface area contributed by atoms with Crippen molar-refractivity contribution in [2.24, 2.45) is 0 Å². The van der Waals surface area contributed by atoms with Crippen LogP contribution in [0.25, 0.3) is 22.3 Å². The SMILES string of the molecule is COc1cc(OC)c2c(=O)cc(-c3cccc(I)c3)oc2c1C1CCN(C)C1CO. The fraction of sp³-hybridized carbons (Fsp3) is 0.348. The molecule has 2 aromatic carbocycles. The van der Waals surface area contributed by atoms with Crippen LogP contribution in [-0.2, 0) is 0 Å². The van der Waals surface area contributed by atoms with Crippen molar-refractivity contribution in [1.29, 1.82) is 0 Å². The number of halogens is 1. The van der Waals surface area contributed by atoms with Gasteiger partial charge in [-0.05, 0) is 54.7 Å². The minimum atomic E-state index is -0.169. The highest BCUT2D eigenvalue weighted by Gasteiger charge is 2.37. The number of methoxy groups -OCH3 is 2. The minimum Gasteiger partial charge on any atom is -0.496 e. The van der Waals surface area contributed by atoms with E-state index < -0.39 is 0 Å². The summed E-state index contributed by atoms with van der Waals surface area (Å²) in [5, 5.41) is 10.4. The highest BCUT2D eigenvalue weighted by Crippen LogP contribution is 2.44. The molecule has 0 aliphatic carbocycles. The summed E-state index contributed by atoms with van der Waals surface area (Å²) in [6.45, 7) is 0.853. The summed E-state index contributed by atoms with van der Waals surface area (Å²) in [5.74, 6) is 1.48. The van der Waals surface area contributed by atoms with Gasteiger partial charge in [-0.15, -0.1) is 0 Å². The molecule has 7 heteroatoms. The van der Waals surface area contributed by atoms with E-state index in [9.17, 15) is 9.90 Å². The van der Waals surface area contributed by atoms with Gasteiger partial charge in [0.15, 0.2) is 5.43 Å². The topological polar surface area (TPSA) is 72.1 Å². The normalized spacial score (nSPS) is 19.4. The fourth-order valence-corrected chi connectivity index (χ4v) is 4.92. The average molecular weight is 521 g/mol. The van der Waals surface area contributed by atoms with Gasteiger partial charge in [0, 0.05) is 38.8 Å². The van der Waals surface area contributed by atoms with Gasteiger partial charge in [0.2, 0.25) is 0 Å². The molecule has 3 aromatic rings. The first-order valence-corrected chi connectivity index (χ1v) is 10.9. The van der Waals surface area contributed by atoms with Crippen molar-refractivity contribution in [3.05, 3.63) is 55.8 Å². The maximum absolute atomic E-state index is 13.2. The Hall–Kier alpha value is -2.10. The number of hydrogen-bond donors (Lipinski definition) is 1. The van der Waals surface area contributed by atoms with E-state index in [4.69, 9.17) is 13.9 Å². The number of hydrogen-bond acceptors (Lipinski definition) is 6. The van der Waals surface area contributed by atoms with Crippen molar-refractivity contribution < 1.29 is 19.0 Å². The van der Waals surface area contributed by atoms with Crippen molar-refractivity contribution in [3.8, 4) is 22.8 Å². The predicted molar refractivity (Wildman–Crippen MR) is 125 cm³/mol. The van der Waals surface area contributed by atoms with Crippen molar-refractivity contribution >= 4 is 33.6 Å². The van der Waals surface area contributed by atoms with Gasteiger partial charge >= 0.3 is 0 Å². The van der Waals surface area contributed by atoms with Crippen LogP contribution >= 0.6 is 22.6 Å². The number of likely N-dealkylation sites (tertiary alicyclic amines) is 1. The number of benzene rings is 2. The lowest BCUT2D eigenvalue weighted by atomic mass is 9.89. The van der Waals surface area contributed by atoms with Crippen LogP contribution in [0.15, 0.2) is 45.6 Å². The molecular weight excluding hydrogens is 497 g/mol. The molecule has 2 unspecified atom stereocenters. The zero-order valence-electron chi connectivity index (χ0n) is 17.1. The first-order chi connectivity index (χ1) is 14.5. The lowest BCUT2D eigenvalue weighted by Gasteiger charge is -2.25.